The molecule has 0 aliphatic heterocycles. The first-order valence-electron chi connectivity index (χ1n) is 8.56. The molecule has 14 heteroatoms. The highest BCUT2D eigenvalue weighted by Gasteiger charge is 2.26. The first-order chi connectivity index (χ1) is 14.7. The molecule has 1 aromatic carbocycles. The van der Waals surface area contributed by atoms with Crippen molar-refractivity contribution < 1.29 is 37.0 Å². The topological polar surface area (TPSA) is 175 Å². The molecule has 0 spiro atoms. The van der Waals surface area contributed by atoms with E-state index in [0.717, 1.165) is 12.1 Å². The molecule has 3 N–H and O–H groups in total. The summed E-state index contributed by atoms with van der Waals surface area (Å²) in [7, 11) is -1.93. The predicted octanol–water partition coefficient (Wildman–Crippen LogP) is 0.749. The highest BCUT2D eigenvalue weighted by molar-refractivity contribution is 7.90. The van der Waals surface area contributed by atoms with E-state index in [1.807, 2.05) is 0 Å². The summed E-state index contributed by atoms with van der Waals surface area (Å²) in [4.78, 5) is 42.2. The van der Waals surface area contributed by atoms with Gasteiger partial charge in [0.15, 0.2) is 0 Å². The number of hydrogen-bond donors (Lipinski definition) is 3. The van der Waals surface area contributed by atoms with Crippen molar-refractivity contribution in [2.75, 3.05) is 31.5 Å². The van der Waals surface area contributed by atoms with Gasteiger partial charge in [-0.1, -0.05) is 0 Å². The summed E-state index contributed by atoms with van der Waals surface area (Å²) in [6.45, 7) is 1.54. The minimum absolute atomic E-state index is 0.00438. The van der Waals surface area contributed by atoms with Crippen LogP contribution in [0.1, 0.15) is 17.3 Å². The molecule has 2 aromatic rings. The van der Waals surface area contributed by atoms with Crippen molar-refractivity contribution in [2.45, 2.75) is 11.8 Å². The molecule has 1 aromatic heterocycles. The van der Waals surface area contributed by atoms with Crippen LogP contribution in [0.2, 0.25) is 0 Å². The van der Waals surface area contributed by atoms with Crippen molar-refractivity contribution in [3.63, 3.8) is 0 Å². The fourth-order valence-corrected chi connectivity index (χ4v) is 3.38. The molecule has 0 unspecified atom stereocenters. The van der Waals surface area contributed by atoms with Gasteiger partial charge >= 0.3 is 12.0 Å². The number of carbonyl (C=O) groups excluding carboxylic acids is 3. The summed E-state index contributed by atoms with van der Waals surface area (Å²) >= 11 is 0. The minimum atomic E-state index is -4.58. The van der Waals surface area contributed by atoms with E-state index in [4.69, 9.17) is 14.2 Å². The van der Waals surface area contributed by atoms with Gasteiger partial charge in [-0.25, -0.2) is 22.7 Å². The number of amides is 3. The van der Waals surface area contributed by atoms with Gasteiger partial charge in [0.2, 0.25) is 24.1 Å². The molecule has 0 saturated carbocycles. The molecule has 2 rings (SSSR count). The van der Waals surface area contributed by atoms with Crippen LogP contribution in [0.5, 0.6) is 11.8 Å². The predicted molar refractivity (Wildman–Crippen MR) is 107 cm³/mol. The van der Waals surface area contributed by atoms with Gasteiger partial charge in [0.25, 0.3) is 10.0 Å². The van der Waals surface area contributed by atoms with Crippen LogP contribution in [0, 0.1) is 0 Å². The number of nitrogens with zero attached hydrogens (tertiary/aromatic N) is 2. The normalized spacial score (nSPS) is 10.5. The van der Waals surface area contributed by atoms with E-state index in [2.05, 4.69) is 20.6 Å². The zero-order valence-electron chi connectivity index (χ0n) is 16.7. The van der Waals surface area contributed by atoms with E-state index >= 15 is 0 Å². The van der Waals surface area contributed by atoms with Crippen molar-refractivity contribution in [3.8, 4) is 11.8 Å². The Morgan fingerprint density at radius 3 is 2.29 bits per heavy atom. The lowest BCUT2D eigenvalue weighted by Gasteiger charge is -2.13. The molecular weight excluding hydrogens is 434 g/mol. The van der Waals surface area contributed by atoms with E-state index in [9.17, 15) is 22.8 Å². The lowest BCUT2D eigenvalue weighted by atomic mass is 10.2. The van der Waals surface area contributed by atoms with Gasteiger partial charge in [-0.05, 0) is 25.1 Å². The number of sulfonamides is 1. The zero-order chi connectivity index (χ0) is 23.0. The molecule has 0 aliphatic carbocycles. The van der Waals surface area contributed by atoms with Gasteiger partial charge in [0, 0.05) is 5.69 Å². The smallest absolute Gasteiger partial charge is 0.339 e. The second-order valence-electron chi connectivity index (χ2n) is 5.53. The van der Waals surface area contributed by atoms with E-state index in [1.165, 1.54) is 26.4 Å². The van der Waals surface area contributed by atoms with Gasteiger partial charge in [-0.3, -0.25) is 10.1 Å². The SMILES string of the molecule is CCOC(=O)c1ccc(NC=O)cc1S(=O)(=O)NC(=O)Nc1nc(OC)cc(OC)n1. The Morgan fingerprint density at radius 2 is 1.74 bits per heavy atom. The molecule has 0 aliphatic rings. The van der Waals surface area contributed by atoms with Crippen LogP contribution in [0.25, 0.3) is 0 Å². The van der Waals surface area contributed by atoms with E-state index in [1.54, 1.807) is 11.6 Å². The van der Waals surface area contributed by atoms with Crippen molar-refractivity contribution in [1.29, 1.82) is 0 Å². The van der Waals surface area contributed by atoms with Crippen molar-refractivity contribution in [2.24, 2.45) is 0 Å². The Bertz CT molecular complexity index is 1070. The van der Waals surface area contributed by atoms with Crippen LogP contribution in [0.3, 0.4) is 0 Å². The average Bonchev–Trinajstić information content (AvgIpc) is 2.73. The van der Waals surface area contributed by atoms with E-state index < -0.39 is 26.9 Å². The number of anilines is 2. The molecule has 0 fully saturated rings. The summed E-state index contributed by atoms with van der Waals surface area (Å²) in [5.41, 5.74) is -0.261. The lowest BCUT2D eigenvalue weighted by molar-refractivity contribution is -0.105. The summed E-state index contributed by atoms with van der Waals surface area (Å²) in [5, 5.41) is 4.39. The first kappa shape index (κ1) is 23.3. The van der Waals surface area contributed by atoms with Gasteiger partial charge in [-0.2, -0.15) is 9.97 Å². The van der Waals surface area contributed by atoms with Crippen LogP contribution in [0.15, 0.2) is 29.2 Å². The molecule has 13 nitrogen and oxygen atoms in total. The highest BCUT2D eigenvalue weighted by Crippen LogP contribution is 2.22. The van der Waals surface area contributed by atoms with Crippen LogP contribution >= 0.6 is 0 Å². The number of carbonyl (C=O) groups is 3. The average molecular weight is 453 g/mol. The van der Waals surface area contributed by atoms with Crippen LogP contribution < -0.4 is 24.8 Å². The Kier molecular flexibility index (Phi) is 7.68. The zero-order valence-corrected chi connectivity index (χ0v) is 17.5. The maximum absolute atomic E-state index is 12.8. The Labute approximate surface area is 177 Å². The number of benzene rings is 1. The maximum atomic E-state index is 12.8. The molecule has 3 amide bonds. The fraction of sp³-hybridized carbons (Fsp3) is 0.235. The summed E-state index contributed by atoms with van der Waals surface area (Å²) in [6.07, 6.45) is 0.323. The number of esters is 1. The Balaban J connectivity index is 2.34. The van der Waals surface area contributed by atoms with Crippen molar-refractivity contribution >= 4 is 40.1 Å². The molecule has 1 heterocycles. The molecule has 0 bridgehead atoms. The number of urea groups is 1. The monoisotopic (exact) mass is 453 g/mol. The molecule has 0 saturated heterocycles. The maximum Gasteiger partial charge on any atom is 0.339 e. The molecule has 31 heavy (non-hydrogen) atoms. The number of hydrogen-bond acceptors (Lipinski definition) is 10. The Morgan fingerprint density at radius 1 is 1.10 bits per heavy atom. The number of methoxy groups -OCH3 is 2. The highest BCUT2D eigenvalue weighted by atomic mass is 32.2. The van der Waals surface area contributed by atoms with E-state index in [-0.39, 0.29) is 35.6 Å². The third kappa shape index (κ3) is 6.02. The molecule has 166 valence electrons. The van der Waals surface area contributed by atoms with Gasteiger partial charge in [0.1, 0.15) is 4.90 Å². The minimum Gasteiger partial charge on any atom is -0.481 e. The number of ether oxygens (including phenoxy) is 3. The fourth-order valence-electron chi connectivity index (χ4n) is 2.25. The van der Waals surface area contributed by atoms with Crippen LogP contribution in [-0.2, 0) is 19.6 Å². The molecule has 0 atom stereocenters. The van der Waals surface area contributed by atoms with Crippen LogP contribution in [-0.4, -0.2) is 57.6 Å². The second kappa shape index (κ2) is 10.2. The largest absolute Gasteiger partial charge is 0.481 e. The standard InChI is InChI=1S/C17H19N5O8S/c1-4-30-15(24)11-6-5-10(18-9-23)7-12(11)31(26,27)22-17(25)21-16-19-13(28-2)8-14(20-16)29-3/h5-9H,4H2,1-3H3,(H,18,23)(H2,19,20,21,22,25). The van der Waals surface area contributed by atoms with E-state index in [0.29, 0.717) is 6.41 Å². The summed E-state index contributed by atoms with van der Waals surface area (Å²) in [5.74, 6) is -1.11. The third-order valence-electron chi connectivity index (χ3n) is 3.54. The molecule has 0 radical (unpaired) electrons. The summed E-state index contributed by atoms with van der Waals surface area (Å²) < 4.78 is 42.0. The quantitative estimate of drug-likeness (QED) is 0.363. The lowest BCUT2D eigenvalue weighted by Crippen LogP contribution is -2.35. The van der Waals surface area contributed by atoms with Crippen molar-refractivity contribution in [3.05, 3.63) is 29.8 Å². The van der Waals surface area contributed by atoms with Crippen molar-refractivity contribution in [1.82, 2.24) is 14.7 Å². The van der Waals surface area contributed by atoms with Gasteiger partial charge < -0.3 is 19.5 Å². The summed E-state index contributed by atoms with van der Waals surface area (Å²) in [6, 6.07) is 3.57. The molecular formula is C17H19N5O8S. The number of rotatable bonds is 9. The number of nitrogens with one attached hydrogen (secondary N) is 3. The van der Waals surface area contributed by atoms with Crippen LogP contribution in [0.4, 0.5) is 16.4 Å². The third-order valence-corrected chi connectivity index (χ3v) is 4.91. The number of aromatic nitrogens is 2. The van der Waals surface area contributed by atoms with Gasteiger partial charge in [-0.15, -0.1) is 0 Å². The Hall–Kier alpha value is -3.94. The van der Waals surface area contributed by atoms with Gasteiger partial charge in [0.05, 0.1) is 32.5 Å². The first-order valence-corrected chi connectivity index (χ1v) is 10.0. The second-order valence-corrected chi connectivity index (χ2v) is 7.18.